The van der Waals surface area contributed by atoms with Gasteiger partial charge in [-0.05, 0) is 42.5 Å². The molecule has 1 unspecified atom stereocenters. The van der Waals surface area contributed by atoms with E-state index in [1.165, 1.54) is 26.0 Å². The lowest BCUT2D eigenvalue weighted by Crippen LogP contribution is -2.29. The van der Waals surface area contributed by atoms with Gasteiger partial charge in [-0.1, -0.05) is 30.3 Å². The number of benzene rings is 3. The fourth-order valence-electron chi connectivity index (χ4n) is 4.18. The van der Waals surface area contributed by atoms with E-state index in [0.29, 0.717) is 28.4 Å². The van der Waals surface area contributed by atoms with Crippen LogP contribution < -0.4 is 19.7 Å². The molecule has 8 nitrogen and oxygen atoms in total. The number of aliphatic hydroxyl groups excluding tert-OH is 1. The fourth-order valence-corrected chi connectivity index (χ4v) is 4.18. The smallest absolute Gasteiger partial charge is 0.300 e. The van der Waals surface area contributed by atoms with Crippen molar-refractivity contribution in [1.82, 2.24) is 0 Å². The zero-order valence-corrected chi connectivity index (χ0v) is 19.4. The second kappa shape index (κ2) is 9.72. The van der Waals surface area contributed by atoms with Gasteiger partial charge in [0.25, 0.3) is 11.7 Å². The first-order valence-corrected chi connectivity index (χ1v) is 10.8. The summed E-state index contributed by atoms with van der Waals surface area (Å²) in [5, 5.41) is 14.0. The van der Waals surface area contributed by atoms with E-state index in [4.69, 9.17) is 9.47 Å². The molecule has 0 radical (unpaired) electrons. The molecule has 1 aliphatic rings. The topological polar surface area (TPSA) is 105 Å². The summed E-state index contributed by atoms with van der Waals surface area (Å²) in [6.07, 6.45) is 0. The highest BCUT2D eigenvalue weighted by atomic mass is 16.5. The second-order valence-electron chi connectivity index (χ2n) is 7.84. The van der Waals surface area contributed by atoms with Crippen molar-refractivity contribution in [3.05, 3.63) is 89.5 Å². The number of carbonyl (C=O) groups excluding carboxylic acids is 3. The normalized spacial score (nSPS) is 16.8. The molecule has 0 aliphatic carbocycles. The number of nitrogens with zero attached hydrogens (tertiary/aromatic N) is 1. The molecule has 0 spiro atoms. The molecule has 2 amide bonds. The van der Waals surface area contributed by atoms with Gasteiger partial charge in [-0.3, -0.25) is 19.3 Å². The van der Waals surface area contributed by atoms with Crippen LogP contribution >= 0.6 is 0 Å². The van der Waals surface area contributed by atoms with E-state index in [0.717, 1.165) is 0 Å². The van der Waals surface area contributed by atoms with Gasteiger partial charge in [0.05, 0.1) is 31.4 Å². The number of anilines is 2. The first-order valence-electron chi connectivity index (χ1n) is 10.8. The molecule has 8 heteroatoms. The standard InChI is InChI=1S/C27H24N2O6/c1-16(30)28-17-12-14-18(15-13-17)29-24(19-8-4-6-10-21(19)34-2)23(26(32)27(29)33)25(31)20-9-5-7-11-22(20)35-3/h4-15,24,31H,1-3H3,(H,28,30)/b25-23+. The summed E-state index contributed by atoms with van der Waals surface area (Å²) in [5.74, 6) is -1.42. The molecular weight excluding hydrogens is 448 g/mol. The SMILES string of the molecule is COc1ccccc1/C(O)=C1\C(=O)C(=O)N(c2ccc(NC(C)=O)cc2)C1c1ccccc1OC. The number of aliphatic hydroxyl groups is 1. The van der Waals surface area contributed by atoms with Crippen molar-refractivity contribution in [2.45, 2.75) is 13.0 Å². The van der Waals surface area contributed by atoms with Crippen molar-refractivity contribution >= 4 is 34.7 Å². The Morgan fingerprint density at radius 2 is 1.49 bits per heavy atom. The Bertz CT molecular complexity index is 1330. The summed E-state index contributed by atoms with van der Waals surface area (Å²) in [5.41, 5.74) is 1.68. The van der Waals surface area contributed by atoms with Crippen molar-refractivity contribution in [3.8, 4) is 11.5 Å². The zero-order valence-electron chi connectivity index (χ0n) is 19.4. The van der Waals surface area contributed by atoms with Crippen LogP contribution in [0, 0.1) is 0 Å². The number of amides is 2. The number of hydrogen-bond donors (Lipinski definition) is 2. The molecule has 0 saturated carbocycles. The van der Waals surface area contributed by atoms with E-state index in [1.807, 2.05) is 0 Å². The van der Waals surface area contributed by atoms with Gasteiger partial charge in [0.15, 0.2) is 0 Å². The van der Waals surface area contributed by atoms with Crippen LogP contribution in [-0.2, 0) is 14.4 Å². The van der Waals surface area contributed by atoms with Gasteiger partial charge in [-0.25, -0.2) is 0 Å². The monoisotopic (exact) mass is 472 g/mol. The Labute approximate surface area is 202 Å². The lowest BCUT2D eigenvalue weighted by atomic mass is 9.94. The maximum atomic E-state index is 13.4. The van der Waals surface area contributed by atoms with Gasteiger partial charge >= 0.3 is 0 Å². The maximum absolute atomic E-state index is 13.4. The highest BCUT2D eigenvalue weighted by Gasteiger charge is 2.48. The van der Waals surface area contributed by atoms with Crippen LogP contribution in [0.15, 0.2) is 78.4 Å². The number of para-hydroxylation sites is 2. The Hall–Kier alpha value is -4.59. The molecule has 0 bridgehead atoms. The van der Waals surface area contributed by atoms with Crippen LogP contribution in [0.1, 0.15) is 24.1 Å². The number of Topliss-reactive ketones (excluding diaryl/α,β-unsaturated/α-hetero) is 1. The minimum Gasteiger partial charge on any atom is -0.507 e. The summed E-state index contributed by atoms with van der Waals surface area (Å²) >= 11 is 0. The number of ether oxygens (including phenoxy) is 2. The van der Waals surface area contributed by atoms with Gasteiger partial charge < -0.3 is 19.9 Å². The van der Waals surface area contributed by atoms with E-state index in [-0.39, 0.29) is 22.8 Å². The summed E-state index contributed by atoms with van der Waals surface area (Å²) in [6, 6.07) is 19.3. The Morgan fingerprint density at radius 3 is 2.11 bits per heavy atom. The first kappa shape index (κ1) is 23.6. The minimum atomic E-state index is -0.970. The molecule has 1 saturated heterocycles. The lowest BCUT2D eigenvalue weighted by Gasteiger charge is -2.27. The minimum absolute atomic E-state index is 0.0880. The molecule has 1 atom stereocenters. The largest absolute Gasteiger partial charge is 0.507 e. The van der Waals surface area contributed by atoms with Crippen LogP contribution in [0.2, 0.25) is 0 Å². The lowest BCUT2D eigenvalue weighted by molar-refractivity contribution is -0.132. The molecular formula is C27H24N2O6. The molecule has 4 rings (SSSR count). The third kappa shape index (κ3) is 4.33. The number of hydrogen-bond acceptors (Lipinski definition) is 6. The summed E-state index contributed by atoms with van der Waals surface area (Å²) in [7, 11) is 2.95. The Morgan fingerprint density at radius 1 is 0.886 bits per heavy atom. The molecule has 3 aromatic carbocycles. The van der Waals surface area contributed by atoms with Crippen molar-refractivity contribution in [2.24, 2.45) is 0 Å². The predicted molar refractivity (Wildman–Crippen MR) is 132 cm³/mol. The van der Waals surface area contributed by atoms with Crippen molar-refractivity contribution in [2.75, 3.05) is 24.4 Å². The number of rotatable bonds is 6. The highest BCUT2D eigenvalue weighted by molar-refractivity contribution is 6.51. The molecule has 0 aromatic heterocycles. The van der Waals surface area contributed by atoms with E-state index in [2.05, 4.69) is 5.32 Å². The van der Waals surface area contributed by atoms with E-state index >= 15 is 0 Å². The molecule has 1 aliphatic heterocycles. The summed E-state index contributed by atoms with van der Waals surface area (Å²) in [4.78, 5) is 39.4. The maximum Gasteiger partial charge on any atom is 0.300 e. The van der Waals surface area contributed by atoms with Crippen molar-refractivity contribution < 1.29 is 29.0 Å². The molecule has 1 fully saturated rings. The van der Waals surface area contributed by atoms with Crippen LogP contribution in [0.25, 0.3) is 5.76 Å². The molecule has 35 heavy (non-hydrogen) atoms. The first-order chi connectivity index (χ1) is 16.9. The van der Waals surface area contributed by atoms with Crippen LogP contribution in [-0.4, -0.2) is 36.9 Å². The second-order valence-corrected chi connectivity index (χ2v) is 7.84. The van der Waals surface area contributed by atoms with Crippen molar-refractivity contribution in [1.29, 1.82) is 0 Å². The highest BCUT2D eigenvalue weighted by Crippen LogP contribution is 2.45. The predicted octanol–water partition coefficient (Wildman–Crippen LogP) is 4.29. The van der Waals surface area contributed by atoms with Crippen molar-refractivity contribution in [3.63, 3.8) is 0 Å². The average molecular weight is 472 g/mol. The van der Waals surface area contributed by atoms with Gasteiger partial charge in [0.2, 0.25) is 5.91 Å². The zero-order chi connectivity index (χ0) is 25.1. The summed E-state index contributed by atoms with van der Waals surface area (Å²) < 4.78 is 10.9. The number of carbonyl (C=O) groups is 3. The average Bonchev–Trinajstić information content (AvgIpc) is 3.13. The van der Waals surface area contributed by atoms with E-state index < -0.39 is 17.7 Å². The van der Waals surface area contributed by atoms with Gasteiger partial charge in [-0.2, -0.15) is 0 Å². The third-order valence-electron chi connectivity index (χ3n) is 5.71. The molecule has 178 valence electrons. The van der Waals surface area contributed by atoms with Crippen LogP contribution in [0.3, 0.4) is 0 Å². The van der Waals surface area contributed by atoms with Gasteiger partial charge in [0, 0.05) is 23.9 Å². The Kier molecular flexibility index (Phi) is 6.55. The van der Waals surface area contributed by atoms with Gasteiger partial charge in [0.1, 0.15) is 17.3 Å². The fraction of sp³-hybridized carbons (Fsp3) is 0.148. The van der Waals surface area contributed by atoms with E-state index in [1.54, 1.807) is 72.8 Å². The third-order valence-corrected chi connectivity index (χ3v) is 5.71. The van der Waals surface area contributed by atoms with Crippen LogP contribution in [0.5, 0.6) is 11.5 Å². The number of methoxy groups -OCH3 is 2. The number of ketones is 1. The Balaban J connectivity index is 1.94. The van der Waals surface area contributed by atoms with Crippen LogP contribution in [0.4, 0.5) is 11.4 Å². The van der Waals surface area contributed by atoms with Gasteiger partial charge in [-0.15, -0.1) is 0 Å². The summed E-state index contributed by atoms with van der Waals surface area (Å²) in [6.45, 7) is 1.39. The number of nitrogens with one attached hydrogen (secondary N) is 1. The molecule has 3 aromatic rings. The quantitative estimate of drug-likeness (QED) is 0.315. The molecule has 2 N–H and O–H groups in total. The molecule has 1 heterocycles. The van der Waals surface area contributed by atoms with E-state index in [9.17, 15) is 19.5 Å².